The van der Waals surface area contributed by atoms with Gasteiger partial charge >= 0.3 is 0 Å². The maximum Gasteiger partial charge on any atom is 0.252 e. The predicted molar refractivity (Wildman–Crippen MR) is 145 cm³/mol. The fourth-order valence-corrected chi connectivity index (χ4v) is 4.35. The highest BCUT2D eigenvalue weighted by molar-refractivity contribution is 6.01. The van der Waals surface area contributed by atoms with Crippen LogP contribution in [0, 0.1) is 11.6 Å². The van der Waals surface area contributed by atoms with Crippen molar-refractivity contribution in [3.63, 3.8) is 0 Å². The van der Waals surface area contributed by atoms with Gasteiger partial charge in [-0.3, -0.25) is 4.79 Å². The van der Waals surface area contributed by atoms with Gasteiger partial charge in [-0.2, -0.15) is 0 Å². The molecule has 1 amide bonds. The van der Waals surface area contributed by atoms with E-state index in [9.17, 15) is 13.6 Å². The normalized spacial score (nSPS) is 17.8. The number of carbonyl (C=O) groups excluding carboxylic acids is 1. The first-order valence-electron chi connectivity index (χ1n) is 12.5. The van der Waals surface area contributed by atoms with Crippen molar-refractivity contribution in [1.29, 1.82) is 0 Å². The zero-order valence-corrected chi connectivity index (χ0v) is 21.5. The van der Waals surface area contributed by atoms with E-state index in [0.717, 1.165) is 12.1 Å². The molecule has 1 heterocycles. The molecule has 2 N–H and O–H groups in total. The number of rotatable bonds is 12. The second kappa shape index (κ2) is 12.9. The van der Waals surface area contributed by atoms with Crippen LogP contribution in [0.15, 0.2) is 89.5 Å². The standard InChI is InChI=1S/C29H27F2N5O4/c1-2-14-29(28(38)33-18-19-8-13-23(30)24(31)17-19)26(22-6-3-4-7-25(22)35-36-32)40-27(34-29)20-9-11-21(12-10-20)39-16-5-15-37/h2-4,6-13,17,26,37H,1,5,14-16,18H2,(H,33,38)/t26-,29-/m1/s1. The van der Waals surface area contributed by atoms with E-state index in [1.807, 2.05) is 0 Å². The molecule has 0 unspecified atom stereocenters. The molecule has 3 aromatic carbocycles. The average molecular weight is 548 g/mol. The Hall–Kier alpha value is -4.73. The van der Waals surface area contributed by atoms with Crippen molar-refractivity contribution in [3.8, 4) is 5.75 Å². The third kappa shape index (κ3) is 6.12. The van der Waals surface area contributed by atoms with Crippen LogP contribution in [0.4, 0.5) is 14.5 Å². The van der Waals surface area contributed by atoms with Gasteiger partial charge in [-0.05, 0) is 47.5 Å². The molecular weight excluding hydrogens is 520 g/mol. The maximum atomic E-state index is 13.9. The van der Waals surface area contributed by atoms with E-state index in [2.05, 4.69) is 21.9 Å². The van der Waals surface area contributed by atoms with Crippen molar-refractivity contribution in [3.05, 3.63) is 118 Å². The van der Waals surface area contributed by atoms with Gasteiger partial charge in [0, 0.05) is 47.7 Å². The number of ether oxygens (including phenoxy) is 2. The Labute approximate surface area is 229 Å². The monoisotopic (exact) mass is 547 g/mol. The summed E-state index contributed by atoms with van der Waals surface area (Å²) < 4.78 is 39.0. The van der Waals surface area contributed by atoms with Gasteiger partial charge in [0.2, 0.25) is 5.90 Å². The molecule has 2 atom stereocenters. The Morgan fingerprint density at radius 2 is 1.98 bits per heavy atom. The third-order valence-corrected chi connectivity index (χ3v) is 6.29. The molecule has 0 aromatic heterocycles. The highest BCUT2D eigenvalue weighted by Crippen LogP contribution is 2.45. The van der Waals surface area contributed by atoms with Gasteiger partial charge in [0.15, 0.2) is 23.3 Å². The van der Waals surface area contributed by atoms with Gasteiger partial charge < -0.3 is 19.9 Å². The first-order valence-corrected chi connectivity index (χ1v) is 12.5. The van der Waals surface area contributed by atoms with E-state index in [4.69, 9.17) is 25.1 Å². The molecule has 4 rings (SSSR count). The molecule has 0 saturated heterocycles. The van der Waals surface area contributed by atoms with Crippen molar-refractivity contribution in [2.75, 3.05) is 13.2 Å². The van der Waals surface area contributed by atoms with E-state index in [1.165, 1.54) is 12.1 Å². The minimum Gasteiger partial charge on any atom is -0.494 e. The fourth-order valence-electron chi connectivity index (χ4n) is 4.35. The molecule has 9 nitrogen and oxygen atoms in total. The second-order valence-corrected chi connectivity index (χ2v) is 8.96. The smallest absolute Gasteiger partial charge is 0.252 e. The number of hydrogen-bond donors (Lipinski definition) is 2. The molecule has 206 valence electrons. The Morgan fingerprint density at radius 3 is 2.67 bits per heavy atom. The number of halogens is 2. The Balaban J connectivity index is 1.72. The number of aliphatic imine (C=N–C) groups is 1. The van der Waals surface area contributed by atoms with Crippen LogP contribution >= 0.6 is 0 Å². The zero-order chi connectivity index (χ0) is 28.5. The summed E-state index contributed by atoms with van der Waals surface area (Å²) in [7, 11) is 0. The second-order valence-electron chi connectivity index (χ2n) is 8.96. The molecule has 40 heavy (non-hydrogen) atoms. The van der Waals surface area contributed by atoms with E-state index in [0.29, 0.717) is 35.5 Å². The van der Waals surface area contributed by atoms with E-state index in [-0.39, 0.29) is 31.2 Å². The molecule has 0 saturated carbocycles. The number of nitrogens with one attached hydrogen (secondary N) is 1. The van der Waals surface area contributed by atoms with Crippen molar-refractivity contribution in [2.45, 2.75) is 31.0 Å². The van der Waals surface area contributed by atoms with Crippen LogP contribution in [0.1, 0.15) is 35.6 Å². The lowest BCUT2D eigenvalue weighted by molar-refractivity contribution is -0.129. The molecule has 0 bridgehead atoms. The minimum atomic E-state index is -1.56. The molecule has 0 radical (unpaired) electrons. The SMILES string of the molecule is C=CC[C@@]1(C(=O)NCc2ccc(F)c(F)c2)N=C(c2ccc(OCCCO)cc2)O[C@@H]1c1ccccc1N=[N+]=[N-]. The van der Waals surface area contributed by atoms with Crippen molar-refractivity contribution in [1.82, 2.24) is 5.32 Å². The summed E-state index contributed by atoms with van der Waals surface area (Å²) in [4.78, 5) is 21.5. The lowest BCUT2D eigenvalue weighted by Gasteiger charge is -2.30. The minimum absolute atomic E-state index is 0.0188. The van der Waals surface area contributed by atoms with Gasteiger partial charge in [-0.1, -0.05) is 41.5 Å². The molecular formula is C29H27F2N5O4. The van der Waals surface area contributed by atoms with Crippen LogP contribution in [0.2, 0.25) is 0 Å². The summed E-state index contributed by atoms with van der Waals surface area (Å²) in [5, 5.41) is 15.5. The Morgan fingerprint density at radius 1 is 1.20 bits per heavy atom. The van der Waals surface area contributed by atoms with E-state index in [1.54, 1.807) is 48.5 Å². The average Bonchev–Trinajstić information content (AvgIpc) is 3.35. The number of aliphatic hydroxyl groups excluding tert-OH is 1. The number of azide groups is 1. The zero-order valence-electron chi connectivity index (χ0n) is 21.5. The molecule has 0 fully saturated rings. The largest absolute Gasteiger partial charge is 0.494 e. The fraction of sp³-hybridized carbons (Fsp3) is 0.241. The summed E-state index contributed by atoms with van der Waals surface area (Å²) in [5.41, 5.74) is 9.19. The summed E-state index contributed by atoms with van der Waals surface area (Å²) in [5.74, 6) is -1.80. The van der Waals surface area contributed by atoms with Crippen LogP contribution in [-0.4, -0.2) is 35.7 Å². The van der Waals surface area contributed by atoms with E-state index < -0.39 is 29.2 Å². The lowest BCUT2D eigenvalue weighted by Crippen LogP contribution is -2.47. The number of benzene rings is 3. The number of nitrogens with zero attached hydrogens (tertiary/aromatic N) is 4. The van der Waals surface area contributed by atoms with Crippen molar-refractivity contribution < 1.29 is 28.2 Å². The summed E-state index contributed by atoms with van der Waals surface area (Å²) >= 11 is 0. The number of carbonyl (C=O) groups is 1. The van der Waals surface area contributed by atoms with Crippen molar-refractivity contribution in [2.24, 2.45) is 10.1 Å². The van der Waals surface area contributed by atoms with Crippen LogP contribution in [-0.2, 0) is 16.1 Å². The lowest BCUT2D eigenvalue weighted by atomic mass is 9.83. The Bertz CT molecular complexity index is 1460. The van der Waals surface area contributed by atoms with Gasteiger partial charge in [0.25, 0.3) is 5.91 Å². The summed E-state index contributed by atoms with van der Waals surface area (Å²) in [6.07, 6.45) is 1.08. The molecule has 0 spiro atoms. The summed E-state index contributed by atoms with van der Waals surface area (Å²) in [6.45, 7) is 4.09. The molecule has 1 aliphatic rings. The number of aliphatic hydroxyl groups is 1. The van der Waals surface area contributed by atoms with Gasteiger partial charge in [0.05, 0.1) is 6.61 Å². The topological polar surface area (TPSA) is 129 Å². The number of hydrogen-bond acceptors (Lipinski definition) is 6. The molecule has 0 aliphatic carbocycles. The quantitative estimate of drug-likeness (QED) is 0.0974. The predicted octanol–water partition coefficient (Wildman–Crippen LogP) is 5.82. The van der Waals surface area contributed by atoms with Gasteiger partial charge in [0.1, 0.15) is 5.75 Å². The molecule has 1 aliphatic heterocycles. The van der Waals surface area contributed by atoms with Gasteiger partial charge in [-0.25, -0.2) is 13.8 Å². The molecule has 11 heteroatoms. The van der Waals surface area contributed by atoms with E-state index >= 15 is 0 Å². The van der Waals surface area contributed by atoms with Crippen LogP contribution in [0.3, 0.4) is 0 Å². The highest BCUT2D eigenvalue weighted by Gasteiger charge is 2.53. The van der Waals surface area contributed by atoms with Crippen molar-refractivity contribution >= 4 is 17.5 Å². The Kier molecular flexibility index (Phi) is 9.11. The van der Waals surface area contributed by atoms with Crippen LogP contribution < -0.4 is 10.1 Å². The molecule has 3 aromatic rings. The maximum absolute atomic E-state index is 13.9. The first kappa shape index (κ1) is 28.3. The highest BCUT2D eigenvalue weighted by atomic mass is 19.2. The van der Waals surface area contributed by atoms with Crippen LogP contribution in [0.25, 0.3) is 10.4 Å². The van der Waals surface area contributed by atoms with Crippen LogP contribution in [0.5, 0.6) is 5.75 Å². The first-order chi connectivity index (χ1) is 19.4. The number of amides is 1. The summed E-state index contributed by atoms with van der Waals surface area (Å²) in [6, 6.07) is 17.0. The van der Waals surface area contributed by atoms with Gasteiger partial charge in [-0.15, -0.1) is 6.58 Å². The third-order valence-electron chi connectivity index (χ3n) is 6.29.